The third-order valence-electron chi connectivity index (χ3n) is 2.85. The van der Waals surface area contributed by atoms with Crippen molar-refractivity contribution in [2.24, 2.45) is 11.1 Å². The lowest BCUT2D eigenvalue weighted by Gasteiger charge is -2.25. The lowest BCUT2D eigenvalue weighted by atomic mass is 9.86. The molecule has 3 nitrogen and oxygen atoms in total. The molecule has 17 heavy (non-hydrogen) atoms. The SMILES string of the molecule is CCC(C)(C(=O)Nc1ccc(F)cc1)C(N)=S. The Hall–Kier alpha value is -1.49. The number of amides is 1. The molecular weight excluding hydrogens is 239 g/mol. The van der Waals surface area contributed by atoms with E-state index in [0.29, 0.717) is 12.1 Å². The monoisotopic (exact) mass is 254 g/mol. The summed E-state index contributed by atoms with van der Waals surface area (Å²) in [6.07, 6.45) is 0.509. The number of nitrogens with two attached hydrogens (primary N) is 1. The fraction of sp³-hybridized carbons (Fsp3) is 0.333. The highest BCUT2D eigenvalue weighted by atomic mass is 32.1. The van der Waals surface area contributed by atoms with E-state index >= 15 is 0 Å². The molecule has 1 aromatic rings. The van der Waals surface area contributed by atoms with E-state index < -0.39 is 5.41 Å². The van der Waals surface area contributed by atoms with Crippen LogP contribution < -0.4 is 11.1 Å². The minimum atomic E-state index is -0.885. The first kappa shape index (κ1) is 13.6. The van der Waals surface area contributed by atoms with Gasteiger partial charge in [0.05, 0.1) is 10.4 Å². The predicted octanol–water partition coefficient (Wildman–Crippen LogP) is 2.47. The van der Waals surface area contributed by atoms with Crippen molar-refractivity contribution >= 4 is 28.8 Å². The maximum absolute atomic E-state index is 12.7. The summed E-state index contributed by atoms with van der Waals surface area (Å²) in [5.41, 5.74) is 5.21. The van der Waals surface area contributed by atoms with E-state index in [9.17, 15) is 9.18 Å². The molecule has 0 aliphatic heterocycles. The lowest BCUT2D eigenvalue weighted by Crippen LogP contribution is -2.43. The zero-order valence-electron chi connectivity index (χ0n) is 9.79. The first-order valence-electron chi connectivity index (χ1n) is 5.27. The quantitative estimate of drug-likeness (QED) is 0.812. The molecule has 0 saturated carbocycles. The fourth-order valence-corrected chi connectivity index (χ4v) is 1.49. The summed E-state index contributed by atoms with van der Waals surface area (Å²) in [5.74, 6) is -0.630. The number of hydrogen-bond acceptors (Lipinski definition) is 2. The Balaban J connectivity index is 2.85. The molecule has 0 spiro atoms. The third kappa shape index (κ3) is 3.00. The van der Waals surface area contributed by atoms with Crippen molar-refractivity contribution in [3.8, 4) is 0 Å². The van der Waals surface area contributed by atoms with Gasteiger partial charge in [0.15, 0.2) is 0 Å². The average Bonchev–Trinajstić information content (AvgIpc) is 2.30. The Morgan fingerprint density at radius 1 is 1.47 bits per heavy atom. The highest BCUT2D eigenvalue weighted by Gasteiger charge is 2.34. The number of carbonyl (C=O) groups is 1. The Labute approximate surface area is 105 Å². The smallest absolute Gasteiger partial charge is 0.237 e. The second-order valence-electron chi connectivity index (χ2n) is 4.01. The van der Waals surface area contributed by atoms with Gasteiger partial charge >= 0.3 is 0 Å². The van der Waals surface area contributed by atoms with Crippen molar-refractivity contribution in [1.82, 2.24) is 0 Å². The molecule has 0 heterocycles. The Morgan fingerprint density at radius 3 is 2.41 bits per heavy atom. The largest absolute Gasteiger partial charge is 0.392 e. The molecule has 5 heteroatoms. The summed E-state index contributed by atoms with van der Waals surface area (Å²) in [5, 5.41) is 2.67. The molecule has 1 amide bonds. The van der Waals surface area contributed by atoms with Gasteiger partial charge in [0.1, 0.15) is 5.82 Å². The first-order valence-corrected chi connectivity index (χ1v) is 5.68. The number of halogens is 1. The van der Waals surface area contributed by atoms with E-state index in [1.807, 2.05) is 6.92 Å². The molecule has 0 aliphatic rings. The molecule has 0 bridgehead atoms. The van der Waals surface area contributed by atoms with Crippen molar-refractivity contribution in [3.05, 3.63) is 30.1 Å². The highest BCUT2D eigenvalue weighted by Crippen LogP contribution is 2.24. The molecule has 1 rings (SSSR count). The van der Waals surface area contributed by atoms with Crippen LogP contribution in [0.25, 0.3) is 0 Å². The molecule has 0 saturated heterocycles. The normalized spacial score (nSPS) is 13.8. The van der Waals surface area contributed by atoms with Gasteiger partial charge < -0.3 is 11.1 Å². The van der Waals surface area contributed by atoms with Crippen LogP contribution in [0, 0.1) is 11.2 Å². The third-order valence-corrected chi connectivity index (χ3v) is 3.30. The first-order chi connectivity index (χ1) is 7.90. The number of thiocarbonyl (C=S) groups is 1. The van der Waals surface area contributed by atoms with Crippen molar-refractivity contribution < 1.29 is 9.18 Å². The Morgan fingerprint density at radius 2 is 2.00 bits per heavy atom. The number of nitrogens with one attached hydrogen (secondary N) is 1. The van der Waals surface area contributed by atoms with Gasteiger partial charge in [-0.05, 0) is 37.6 Å². The van der Waals surface area contributed by atoms with Crippen LogP contribution in [0.1, 0.15) is 20.3 Å². The van der Waals surface area contributed by atoms with Crippen LogP contribution in [-0.4, -0.2) is 10.9 Å². The zero-order chi connectivity index (χ0) is 13.1. The van der Waals surface area contributed by atoms with Gasteiger partial charge in [-0.2, -0.15) is 0 Å². The number of anilines is 1. The molecule has 3 N–H and O–H groups in total. The van der Waals surface area contributed by atoms with Crippen LogP contribution in [0.3, 0.4) is 0 Å². The highest BCUT2D eigenvalue weighted by molar-refractivity contribution is 7.80. The van der Waals surface area contributed by atoms with E-state index in [0.717, 1.165) is 0 Å². The lowest BCUT2D eigenvalue weighted by molar-refractivity contribution is -0.121. The minimum absolute atomic E-state index is 0.152. The van der Waals surface area contributed by atoms with Gasteiger partial charge in [-0.25, -0.2) is 4.39 Å². The summed E-state index contributed by atoms with van der Waals surface area (Å²) in [6.45, 7) is 3.53. The molecule has 1 atom stereocenters. The molecule has 92 valence electrons. The standard InChI is InChI=1S/C12H15FN2OS/c1-3-12(2,10(14)17)11(16)15-9-6-4-8(13)5-7-9/h4-7H,3H2,1-2H3,(H2,14,17)(H,15,16). The fourth-order valence-electron chi connectivity index (χ4n) is 1.25. The van der Waals surface area contributed by atoms with Gasteiger partial charge in [0, 0.05) is 5.69 Å². The van der Waals surface area contributed by atoms with Crippen LogP contribution in [0.2, 0.25) is 0 Å². The molecule has 0 aromatic heterocycles. The predicted molar refractivity (Wildman–Crippen MR) is 70.2 cm³/mol. The summed E-state index contributed by atoms with van der Waals surface area (Å²) in [4.78, 5) is 12.2. The number of benzene rings is 1. The molecule has 0 radical (unpaired) electrons. The summed E-state index contributed by atoms with van der Waals surface area (Å²) in [6, 6.07) is 5.53. The molecule has 0 aliphatic carbocycles. The van der Waals surface area contributed by atoms with E-state index in [1.165, 1.54) is 24.3 Å². The molecule has 1 unspecified atom stereocenters. The van der Waals surface area contributed by atoms with Crippen molar-refractivity contribution in [2.75, 3.05) is 5.32 Å². The van der Waals surface area contributed by atoms with E-state index in [4.69, 9.17) is 18.0 Å². The van der Waals surface area contributed by atoms with E-state index in [1.54, 1.807) is 6.92 Å². The minimum Gasteiger partial charge on any atom is -0.392 e. The van der Waals surface area contributed by atoms with E-state index in [-0.39, 0.29) is 16.7 Å². The Kier molecular flexibility index (Phi) is 4.17. The second kappa shape index (κ2) is 5.23. The number of hydrogen-bond donors (Lipinski definition) is 2. The maximum Gasteiger partial charge on any atom is 0.237 e. The van der Waals surface area contributed by atoms with Crippen LogP contribution in [-0.2, 0) is 4.79 Å². The average molecular weight is 254 g/mol. The summed E-state index contributed by atoms with van der Waals surface area (Å²) < 4.78 is 12.7. The summed E-state index contributed by atoms with van der Waals surface area (Å²) in [7, 11) is 0. The van der Waals surface area contributed by atoms with Gasteiger partial charge in [0.2, 0.25) is 5.91 Å². The summed E-state index contributed by atoms with van der Waals surface area (Å²) >= 11 is 4.90. The van der Waals surface area contributed by atoms with Crippen molar-refractivity contribution in [3.63, 3.8) is 0 Å². The van der Waals surface area contributed by atoms with Gasteiger partial charge in [-0.3, -0.25) is 4.79 Å². The topological polar surface area (TPSA) is 55.1 Å². The van der Waals surface area contributed by atoms with Gasteiger partial charge in [-0.15, -0.1) is 0 Å². The van der Waals surface area contributed by atoms with Crippen LogP contribution in [0.15, 0.2) is 24.3 Å². The maximum atomic E-state index is 12.7. The van der Waals surface area contributed by atoms with Crippen LogP contribution in [0.4, 0.5) is 10.1 Å². The number of carbonyl (C=O) groups excluding carboxylic acids is 1. The van der Waals surface area contributed by atoms with Crippen molar-refractivity contribution in [2.45, 2.75) is 20.3 Å². The zero-order valence-corrected chi connectivity index (χ0v) is 10.6. The molecular formula is C12H15FN2OS. The number of rotatable bonds is 4. The molecule has 1 aromatic carbocycles. The molecule has 0 fully saturated rings. The Bertz CT molecular complexity index is 433. The van der Waals surface area contributed by atoms with E-state index in [2.05, 4.69) is 5.32 Å². The second-order valence-corrected chi connectivity index (χ2v) is 4.45. The van der Waals surface area contributed by atoms with Crippen LogP contribution >= 0.6 is 12.2 Å². The van der Waals surface area contributed by atoms with Gasteiger partial charge in [0.25, 0.3) is 0 Å². The van der Waals surface area contributed by atoms with Gasteiger partial charge in [-0.1, -0.05) is 19.1 Å². The van der Waals surface area contributed by atoms with Crippen LogP contribution in [0.5, 0.6) is 0 Å². The van der Waals surface area contributed by atoms with Crippen molar-refractivity contribution in [1.29, 1.82) is 0 Å².